The number of benzene rings is 10. The van der Waals surface area contributed by atoms with Crippen LogP contribution in [0.25, 0.3) is 100 Å². The SMILES string of the molecule is CC.CC.CC(=CCc1ccccc1)C(C)(C)C(C)c1ccc(-c2c3ccc(-c4nc5ccccc5n4-c4ccccc4)cc3c(-c3ccccc3)c3ccc(-c4nc5ccccc5n4-c4ccccc4)cc23)cc1.CCC. The van der Waals surface area contributed by atoms with Gasteiger partial charge in [-0.1, -0.05) is 250 Å². The van der Waals surface area contributed by atoms with E-state index in [1.807, 2.05) is 27.7 Å². The van der Waals surface area contributed by atoms with E-state index in [-0.39, 0.29) is 11.3 Å². The van der Waals surface area contributed by atoms with Crippen LogP contribution in [0.4, 0.5) is 0 Å². The van der Waals surface area contributed by atoms with E-state index in [0.29, 0.717) is 0 Å². The smallest absolute Gasteiger partial charge is 0.145 e. The zero-order valence-electron chi connectivity index (χ0n) is 47.3. The Balaban J connectivity index is 0.00000101. The van der Waals surface area contributed by atoms with Gasteiger partial charge in [0.2, 0.25) is 0 Å². The number of para-hydroxylation sites is 6. The van der Waals surface area contributed by atoms with Crippen LogP contribution >= 0.6 is 0 Å². The average Bonchev–Trinajstić information content (AvgIpc) is 4.12. The Bertz CT molecular complexity index is 3940. The molecular formula is C74H74N4. The van der Waals surface area contributed by atoms with Crippen LogP contribution in [-0.2, 0) is 6.42 Å². The lowest BCUT2D eigenvalue weighted by Gasteiger charge is -2.34. The summed E-state index contributed by atoms with van der Waals surface area (Å²) in [6.07, 6.45) is 4.59. The average molecular weight is 1020 g/mol. The lowest BCUT2D eigenvalue weighted by Crippen LogP contribution is -2.21. The Morgan fingerprint density at radius 1 is 0.449 bits per heavy atom. The van der Waals surface area contributed by atoms with Crippen molar-refractivity contribution in [2.75, 3.05) is 0 Å². The fourth-order valence-electron chi connectivity index (χ4n) is 10.7. The number of hydrogen-bond donors (Lipinski definition) is 0. The van der Waals surface area contributed by atoms with Crippen LogP contribution in [-0.4, -0.2) is 19.1 Å². The van der Waals surface area contributed by atoms with Crippen LogP contribution in [0.15, 0.2) is 242 Å². The van der Waals surface area contributed by atoms with E-state index in [1.165, 1.54) is 61.4 Å². The minimum atomic E-state index is -0.0568. The Morgan fingerprint density at radius 2 is 0.821 bits per heavy atom. The molecule has 0 aliphatic heterocycles. The highest BCUT2D eigenvalue weighted by Crippen LogP contribution is 2.48. The van der Waals surface area contributed by atoms with Gasteiger partial charge < -0.3 is 0 Å². The predicted octanol–water partition coefficient (Wildman–Crippen LogP) is 21.1. The molecule has 0 saturated carbocycles. The second-order valence-electron chi connectivity index (χ2n) is 20.2. The number of rotatable bonds is 11. The molecule has 12 aromatic rings. The molecule has 2 heterocycles. The van der Waals surface area contributed by atoms with Crippen molar-refractivity contribution in [3.05, 3.63) is 253 Å². The molecule has 0 aliphatic rings. The molecular weight excluding hydrogens is 945 g/mol. The van der Waals surface area contributed by atoms with Crippen LogP contribution < -0.4 is 0 Å². The highest BCUT2D eigenvalue weighted by molar-refractivity contribution is 6.22. The molecule has 0 spiro atoms. The number of aromatic nitrogens is 4. The topological polar surface area (TPSA) is 35.6 Å². The fraction of sp³-hybridized carbons (Fsp3) is 0.189. The molecule has 0 N–H and O–H groups in total. The first-order valence-corrected chi connectivity index (χ1v) is 28.2. The van der Waals surface area contributed by atoms with Gasteiger partial charge in [-0.25, -0.2) is 9.97 Å². The summed E-state index contributed by atoms with van der Waals surface area (Å²) in [5.41, 5.74) is 17.0. The van der Waals surface area contributed by atoms with Gasteiger partial charge in [0.05, 0.1) is 22.1 Å². The van der Waals surface area contributed by atoms with Crippen molar-refractivity contribution >= 4 is 43.6 Å². The van der Waals surface area contributed by atoms with Crippen LogP contribution in [0.2, 0.25) is 0 Å². The Kier molecular flexibility index (Phi) is 17.1. The molecule has 1 unspecified atom stereocenters. The summed E-state index contributed by atoms with van der Waals surface area (Å²) in [5.74, 6) is 2.09. The molecule has 1 atom stereocenters. The summed E-state index contributed by atoms with van der Waals surface area (Å²) in [7, 11) is 0. The van der Waals surface area contributed by atoms with Gasteiger partial charge in [-0.05, 0) is 140 Å². The molecule has 10 aromatic carbocycles. The van der Waals surface area contributed by atoms with E-state index in [9.17, 15) is 0 Å². The van der Waals surface area contributed by atoms with E-state index < -0.39 is 0 Å². The quantitative estimate of drug-likeness (QED) is 0.0956. The molecule has 0 amide bonds. The van der Waals surface area contributed by atoms with Gasteiger partial charge in [-0.3, -0.25) is 9.13 Å². The molecule has 78 heavy (non-hydrogen) atoms. The zero-order valence-corrected chi connectivity index (χ0v) is 47.3. The van der Waals surface area contributed by atoms with Crippen molar-refractivity contribution in [3.8, 4) is 56.4 Å². The first-order chi connectivity index (χ1) is 38.2. The molecule has 0 radical (unpaired) electrons. The Labute approximate surface area is 463 Å². The van der Waals surface area contributed by atoms with Crippen molar-refractivity contribution in [2.24, 2.45) is 5.41 Å². The second kappa shape index (κ2) is 24.6. The summed E-state index contributed by atoms with van der Waals surface area (Å²) < 4.78 is 4.60. The van der Waals surface area contributed by atoms with Gasteiger partial charge in [-0.2, -0.15) is 0 Å². The zero-order chi connectivity index (χ0) is 54.8. The van der Waals surface area contributed by atoms with Gasteiger partial charge in [0.1, 0.15) is 11.6 Å². The van der Waals surface area contributed by atoms with Crippen LogP contribution in [0.1, 0.15) is 92.7 Å². The molecule has 4 heteroatoms. The third-order valence-corrected chi connectivity index (χ3v) is 15.1. The Morgan fingerprint density at radius 3 is 1.27 bits per heavy atom. The van der Waals surface area contributed by atoms with Crippen molar-refractivity contribution < 1.29 is 0 Å². The first-order valence-electron chi connectivity index (χ1n) is 28.2. The second-order valence-corrected chi connectivity index (χ2v) is 20.2. The van der Waals surface area contributed by atoms with E-state index in [0.717, 1.165) is 68.2 Å². The predicted molar refractivity (Wildman–Crippen MR) is 337 cm³/mol. The normalized spacial score (nSPS) is 11.8. The van der Waals surface area contributed by atoms with E-state index in [1.54, 1.807) is 0 Å². The van der Waals surface area contributed by atoms with Crippen LogP contribution in [0.3, 0.4) is 0 Å². The maximum atomic E-state index is 5.36. The van der Waals surface area contributed by atoms with Crippen molar-refractivity contribution in [3.63, 3.8) is 0 Å². The maximum Gasteiger partial charge on any atom is 0.145 e. The number of hydrogen-bond acceptors (Lipinski definition) is 2. The standard InChI is InChI=1S/C67H54N4.C3H8.2C2H6/c1-45(33-34-47-21-9-5-10-22-47)67(3,4)46(2)48-35-37-50(38-36-48)64-56-42-40-51(65-68-59-29-17-19-31-61(59)70(65)53-25-13-7-14-26-53)43-57(56)63(49-23-11-6-12-24-49)55-41-39-52(44-58(55)64)66-69-60-30-18-20-32-62(60)71(66)54-27-15-8-16-28-54;1-3-2;2*1-2/h5-33,35-44,46H,34H2,1-4H3;3H2,1-2H3;2*1-2H3. The first kappa shape index (κ1) is 54.2. The van der Waals surface area contributed by atoms with Gasteiger partial charge in [-0.15, -0.1) is 0 Å². The van der Waals surface area contributed by atoms with Crippen molar-refractivity contribution in [1.29, 1.82) is 0 Å². The molecule has 0 fully saturated rings. The molecule has 2 aromatic heterocycles. The highest BCUT2D eigenvalue weighted by atomic mass is 15.1. The lowest BCUT2D eigenvalue weighted by atomic mass is 9.71. The van der Waals surface area contributed by atoms with Crippen LogP contribution in [0.5, 0.6) is 0 Å². The maximum absolute atomic E-state index is 5.36. The molecule has 0 aliphatic carbocycles. The number of nitrogens with zero attached hydrogens (tertiary/aromatic N) is 4. The van der Waals surface area contributed by atoms with E-state index in [4.69, 9.17) is 9.97 Å². The number of allylic oxidation sites excluding steroid dienone is 2. The van der Waals surface area contributed by atoms with E-state index in [2.05, 4.69) is 287 Å². The molecule has 390 valence electrons. The lowest BCUT2D eigenvalue weighted by molar-refractivity contribution is 0.367. The molecule has 0 saturated heterocycles. The minimum absolute atomic E-state index is 0.0568. The van der Waals surface area contributed by atoms with Crippen LogP contribution in [0, 0.1) is 5.41 Å². The third-order valence-electron chi connectivity index (χ3n) is 15.1. The van der Waals surface area contributed by atoms with Crippen molar-refractivity contribution in [2.45, 2.75) is 88.0 Å². The van der Waals surface area contributed by atoms with Gasteiger partial charge in [0, 0.05) is 22.5 Å². The summed E-state index contributed by atoms with van der Waals surface area (Å²) in [6, 6.07) is 83.2. The molecule has 4 nitrogen and oxygen atoms in total. The fourth-order valence-corrected chi connectivity index (χ4v) is 10.7. The van der Waals surface area contributed by atoms with Gasteiger partial charge in [0.25, 0.3) is 0 Å². The summed E-state index contributed by atoms with van der Waals surface area (Å²) in [5, 5.41) is 4.70. The third kappa shape index (κ3) is 10.7. The minimum Gasteiger partial charge on any atom is -0.292 e. The van der Waals surface area contributed by atoms with E-state index >= 15 is 0 Å². The number of fused-ring (bicyclic) bond motifs is 4. The van der Waals surface area contributed by atoms with Crippen molar-refractivity contribution in [1.82, 2.24) is 19.1 Å². The summed E-state index contributed by atoms with van der Waals surface area (Å²) in [4.78, 5) is 10.7. The van der Waals surface area contributed by atoms with Gasteiger partial charge in [0.15, 0.2) is 0 Å². The summed E-state index contributed by atoms with van der Waals surface area (Å²) >= 11 is 0. The molecule has 12 rings (SSSR count). The van der Waals surface area contributed by atoms with Gasteiger partial charge >= 0.3 is 0 Å². The largest absolute Gasteiger partial charge is 0.292 e. The Hall–Kier alpha value is -8.60. The monoisotopic (exact) mass is 1020 g/mol. The molecule has 0 bridgehead atoms. The number of imidazole rings is 2. The summed E-state index contributed by atoms with van der Waals surface area (Å²) in [6.45, 7) is 21.7. The highest BCUT2D eigenvalue weighted by Gasteiger charge is 2.29.